The van der Waals surface area contributed by atoms with Crippen LogP contribution in [0.3, 0.4) is 0 Å². The van der Waals surface area contributed by atoms with Gasteiger partial charge in [-0.2, -0.15) is 0 Å². The van der Waals surface area contributed by atoms with Gasteiger partial charge < -0.3 is 15.2 Å². The summed E-state index contributed by atoms with van der Waals surface area (Å²) in [5.41, 5.74) is 0.566. The van der Waals surface area contributed by atoms with Gasteiger partial charge in [-0.05, 0) is 43.4 Å². The molecular weight excluding hydrogens is 412 g/mol. The second-order valence-electron chi connectivity index (χ2n) is 8.11. The molecule has 2 heterocycles. The van der Waals surface area contributed by atoms with E-state index in [1.54, 1.807) is 6.20 Å². The van der Waals surface area contributed by atoms with Crippen LogP contribution in [0.2, 0.25) is 0 Å². The molecule has 3 N–H and O–H groups in total. The maximum absolute atomic E-state index is 13.3. The fourth-order valence-corrected chi connectivity index (χ4v) is 5.32. The Morgan fingerprint density at radius 1 is 1.27 bits per heavy atom. The molecule has 9 heteroatoms. The molecule has 1 aliphatic heterocycles. The Morgan fingerprint density at radius 3 is 2.83 bits per heavy atom. The lowest BCUT2D eigenvalue weighted by molar-refractivity contribution is -0.0554. The van der Waals surface area contributed by atoms with Crippen molar-refractivity contribution in [3.8, 4) is 0 Å². The number of aliphatic hydroxyl groups is 1. The zero-order valence-electron chi connectivity index (χ0n) is 16.5. The number of nitrogens with zero attached hydrogens (tertiary/aromatic N) is 1. The third-order valence-electron chi connectivity index (χ3n) is 6.24. The molecule has 2 atom stereocenters. The molecule has 2 fully saturated rings. The highest BCUT2D eigenvalue weighted by Crippen LogP contribution is 2.48. The number of nitrogens with one attached hydrogen (secondary N) is 2. The molecule has 1 aliphatic carbocycles. The third kappa shape index (κ3) is 4.63. The zero-order valence-corrected chi connectivity index (χ0v) is 17.3. The second kappa shape index (κ2) is 8.95. The molecule has 162 valence electrons. The van der Waals surface area contributed by atoms with E-state index < -0.39 is 17.7 Å². The fourth-order valence-electron chi connectivity index (χ4n) is 4.48. The van der Waals surface area contributed by atoms with Crippen molar-refractivity contribution >= 4 is 22.5 Å². The van der Waals surface area contributed by atoms with E-state index in [0.29, 0.717) is 36.9 Å². The average Bonchev–Trinajstić information content (AvgIpc) is 3.29. The predicted octanol–water partition coefficient (Wildman–Crippen LogP) is 3.70. The Kier molecular flexibility index (Phi) is 6.31. The SMILES string of the molecule is O=C(NC[C@@H]1CCC2(CCOCC2)[C@@H]1O)Nc1ncc(Cc2ccc(F)c(F)c2)s1. The van der Waals surface area contributed by atoms with E-state index in [1.807, 2.05) is 0 Å². The lowest BCUT2D eigenvalue weighted by Gasteiger charge is -2.37. The highest BCUT2D eigenvalue weighted by molar-refractivity contribution is 7.15. The van der Waals surface area contributed by atoms with Gasteiger partial charge in [0.05, 0.1) is 6.10 Å². The molecule has 1 aromatic heterocycles. The number of aromatic nitrogens is 1. The summed E-state index contributed by atoms with van der Waals surface area (Å²) in [7, 11) is 0. The van der Waals surface area contributed by atoms with Crippen molar-refractivity contribution < 1.29 is 23.4 Å². The van der Waals surface area contributed by atoms with E-state index in [4.69, 9.17) is 4.74 Å². The maximum atomic E-state index is 13.3. The van der Waals surface area contributed by atoms with Gasteiger partial charge in [-0.3, -0.25) is 5.32 Å². The summed E-state index contributed by atoms with van der Waals surface area (Å²) in [6.45, 7) is 1.78. The lowest BCUT2D eigenvalue weighted by atomic mass is 9.76. The number of rotatable bonds is 5. The first kappa shape index (κ1) is 21.1. The van der Waals surface area contributed by atoms with Gasteiger partial charge in [0.1, 0.15) is 0 Å². The highest BCUT2D eigenvalue weighted by Gasteiger charge is 2.48. The number of aliphatic hydroxyl groups excluding tert-OH is 1. The van der Waals surface area contributed by atoms with Gasteiger partial charge >= 0.3 is 6.03 Å². The van der Waals surface area contributed by atoms with Crippen molar-refractivity contribution in [1.82, 2.24) is 10.3 Å². The van der Waals surface area contributed by atoms with Crippen LogP contribution < -0.4 is 10.6 Å². The van der Waals surface area contributed by atoms with Gasteiger partial charge in [-0.25, -0.2) is 18.6 Å². The molecule has 2 amide bonds. The molecule has 1 aromatic carbocycles. The van der Waals surface area contributed by atoms with Crippen LogP contribution in [0.5, 0.6) is 0 Å². The lowest BCUT2D eigenvalue weighted by Crippen LogP contribution is -2.42. The summed E-state index contributed by atoms with van der Waals surface area (Å²) in [6.07, 6.45) is 5.18. The number of thiazole rings is 1. The van der Waals surface area contributed by atoms with Crippen molar-refractivity contribution in [2.24, 2.45) is 11.3 Å². The first-order chi connectivity index (χ1) is 14.4. The minimum Gasteiger partial charge on any atom is -0.392 e. The van der Waals surface area contributed by atoms with E-state index in [0.717, 1.165) is 42.7 Å². The molecule has 1 spiro atoms. The van der Waals surface area contributed by atoms with Crippen LogP contribution in [0.25, 0.3) is 0 Å². The Hall–Kier alpha value is -2.10. The van der Waals surface area contributed by atoms with Gasteiger partial charge in [0.15, 0.2) is 16.8 Å². The number of halogens is 2. The Morgan fingerprint density at radius 2 is 2.07 bits per heavy atom. The predicted molar refractivity (Wildman–Crippen MR) is 110 cm³/mol. The van der Waals surface area contributed by atoms with Crippen LogP contribution in [0.4, 0.5) is 18.7 Å². The highest BCUT2D eigenvalue weighted by atomic mass is 32.1. The molecule has 2 aromatic rings. The fraction of sp³-hybridized carbons (Fsp3) is 0.524. The second-order valence-corrected chi connectivity index (χ2v) is 9.23. The minimum absolute atomic E-state index is 0.0362. The number of anilines is 1. The normalized spacial score (nSPS) is 22.9. The number of urea groups is 1. The maximum Gasteiger partial charge on any atom is 0.321 e. The molecular formula is C21H25F2N3O3S. The summed E-state index contributed by atoms with van der Waals surface area (Å²) in [5, 5.41) is 16.7. The molecule has 4 rings (SSSR count). The van der Waals surface area contributed by atoms with Crippen molar-refractivity contribution in [1.29, 1.82) is 0 Å². The van der Waals surface area contributed by atoms with E-state index in [9.17, 15) is 18.7 Å². The number of carbonyl (C=O) groups excluding carboxylic acids is 1. The molecule has 6 nitrogen and oxygen atoms in total. The van der Waals surface area contributed by atoms with Crippen LogP contribution >= 0.6 is 11.3 Å². The summed E-state index contributed by atoms with van der Waals surface area (Å²) in [4.78, 5) is 17.2. The average molecular weight is 438 g/mol. The van der Waals surface area contributed by atoms with Gasteiger partial charge in [-0.15, -0.1) is 11.3 Å². The monoisotopic (exact) mass is 437 g/mol. The summed E-state index contributed by atoms with van der Waals surface area (Å²) < 4.78 is 31.8. The Bertz CT molecular complexity index is 901. The minimum atomic E-state index is -0.883. The topological polar surface area (TPSA) is 83.5 Å². The Balaban J connectivity index is 1.26. The van der Waals surface area contributed by atoms with E-state index in [-0.39, 0.29) is 17.4 Å². The molecule has 2 aliphatic rings. The standard InChI is InChI=1S/C21H25F2N3O3S/c22-16-2-1-13(10-17(16)23)9-15-12-25-20(30-15)26-19(28)24-11-14-3-4-21(18(14)27)5-7-29-8-6-21/h1-2,10,12,14,18,27H,3-9,11H2,(H2,24,25,26,28)/t14-,18+/m0/s1. The zero-order chi connectivity index (χ0) is 21.1. The molecule has 0 radical (unpaired) electrons. The summed E-state index contributed by atoms with van der Waals surface area (Å²) in [5.74, 6) is -1.72. The van der Waals surface area contributed by atoms with Gasteiger partial charge in [0.2, 0.25) is 0 Å². The number of carbonyl (C=O) groups is 1. The van der Waals surface area contributed by atoms with E-state index in [2.05, 4.69) is 15.6 Å². The van der Waals surface area contributed by atoms with Crippen LogP contribution in [0, 0.1) is 23.0 Å². The molecule has 0 unspecified atom stereocenters. The van der Waals surface area contributed by atoms with E-state index in [1.165, 1.54) is 17.4 Å². The summed E-state index contributed by atoms with van der Waals surface area (Å²) in [6, 6.07) is 3.41. The van der Waals surface area contributed by atoms with Crippen molar-refractivity contribution in [3.63, 3.8) is 0 Å². The van der Waals surface area contributed by atoms with E-state index >= 15 is 0 Å². The van der Waals surface area contributed by atoms with Crippen LogP contribution in [-0.4, -0.2) is 42.0 Å². The van der Waals surface area contributed by atoms with Gasteiger partial charge in [0, 0.05) is 48.6 Å². The molecule has 30 heavy (non-hydrogen) atoms. The molecule has 1 saturated heterocycles. The number of ether oxygens (including phenoxy) is 1. The molecule has 1 saturated carbocycles. The van der Waals surface area contributed by atoms with Crippen LogP contribution in [0.1, 0.15) is 36.1 Å². The quantitative estimate of drug-likeness (QED) is 0.666. The summed E-state index contributed by atoms with van der Waals surface area (Å²) >= 11 is 1.28. The van der Waals surface area contributed by atoms with Crippen LogP contribution in [0.15, 0.2) is 24.4 Å². The third-order valence-corrected chi connectivity index (χ3v) is 7.15. The number of hydrogen-bond acceptors (Lipinski definition) is 5. The van der Waals surface area contributed by atoms with Crippen molar-refractivity contribution in [2.75, 3.05) is 25.1 Å². The van der Waals surface area contributed by atoms with Crippen LogP contribution in [-0.2, 0) is 11.2 Å². The van der Waals surface area contributed by atoms with Gasteiger partial charge in [0.25, 0.3) is 0 Å². The van der Waals surface area contributed by atoms with Gasteiger partial charge in [-0.1, -0.05) is 6.07 Å². The number of hydrogen-bond donors (Lipinski definition) is 3. The largest absolute Gasteiger partial charge is 0.392 e. The van der Waals surface area contributed by atoms with Crippen molar-refractivity contribution in [2.45, 2.75) is 38.2 Å². The Labute approximate surface area is 177 Å². The first-order valence-corrected chi connectivity index (χ1v) is 11.0. The smallest absolute Gasteiger partial charge is 0.321 e. The van der Waals surface area contributed by atoms with Crippen molar-refractivity contribution in [3.05, 3.63) is 46.5 Å². The molecule has 0 bridgehead atoms. The number of amides is 2. The first-order valence-electron chi connectivity index (χ1n) is 10.1. The number of benzene rings is 1.